The molecule has 0 saturated carbocycles. The van der Waals surface area contributed by atoms with E-state index in [1.54, 1.807) is 0 Å². The highest BCUT2D eigenvalue weighted by Crippen LogP contribution is 2.05. The Morgan fingerprint density at radius 3 is 2.57 bits per heavy atom. The summed E-state index contributed by atoms with van der Waals surface area (Å²) in [6.45, 7) is 0.432. The molecule has 1 aliphatic heterocycles. The predicted molar refractivity (Wildman–Crippen MR) is 27.1 cm³/mol. The summed E-state index contributed by atoms with van der Waals surface area (Å²) in [5.74, 6) is -0.102. The number of halogens is 1. The van der Waals surface area contributed by atoms with Crippen LogP contribution in [0.15, 0.2) is 0 Å². The summed E-state index contributed by atoms with van der Waals surface area (Å²) in [6, 6.07) is 0. The Kier molecular flexibility index (Phi) is 1.33. The van der Waals surface area contributed by atoms with Gasteiger partial charge in [0.2, 0.25) is 0 Å². The van der Waals surface area contributed by atoms with Gasteiger partial charge in [-0.2, -0.15) is 0 Å². The number of hydrogen-bond donors (Lipinski definition) is 1. The normalized spacial score (nSPS) is 41.9. The summed E-state index contributed by atoms with van der Waals surface area (Å²) < 4.78 is 12.0. The van der Waals surface area contributed by atoms with Crippen molar-refractivity contribution in [2.45, 2.75) is 18.5 Å². The lowest BCUT2D eigenvalue weighted by atomic mass is 9.95. The molecular weight excluding hydrogens is 91.9 g/mol. The van der Waals surface area contributed by atoms with Gasteiger partial charge in [0.1, 0.15) is 6.17 Å². The second-order valence-electron chi connectivity index (χ2n) is 1.85. The predicted octanol–water partition coefficient (Wildman–Crippen LogP) is -0.188. The molecule has 3 heteroatoms. The molecule has 0 amide bonds. The summed E-state index contributed by atoms with van der Waals surface area (Å²) in [5, 5.41) is 2.77. The molecule has 2 atom stereocenters. The molecule has 1 N–H and O–H groups in total. The lowest BCUT2D eigenvalue weighted by Crippen LogP contribution is -2.20. The third kappa shape index (κ3) is 1.16. The van der Waals surface area contributed by atoms with Gasteiger partial charge in [0, 0.05) is 6.54 Å². The molecule has 2 unspecified atom stereocenters. The van der Waals surface area contributed by atoms with Gasteiger partial charge < -0.3 is 5.32 Å². The van der Waals surface area contributed by atoms with Gasteiger partial charge >= 0.3 is 0 Å². The Morgan fingerprint density at radius 1 is 1.71 bits per heavy atom. The van der Waals surface area contributed by atoms with E-state index >= 15 is 0 Å². The third-order valence-corrected chi connectivity index (χ3v) is 1.11. The summed E-state index contributed by atoms with van der Waals surface area (Å²) in [7, 11) is 5.27. The zero-order valence-electron chi connectivity index (χ0n) is 4.02. The van der Waals surface area contributed by atoms with E-state index in [9.17, 15) is 4.39 Å². The van der Waals surface area contributed by atoms with Gasteiger partial charge in [-0.15, -0.1) is 0 Å². The molecule has 0 aliphatic carbocycles. The fourth-order valence-electron chi connectivity index (χ4n) is 0.721. The van der Waals surface area contributed by atoms with Crippen molar-refractivity contribution >= 4 is 7.85 Å². The monoisotopic (exact) mass is 99.1 g/mol. The molecule has 1 aliphatic rings. The maximum Gasteiger partial charge on any atom is 0.113 e. The number of rotatable bonds is 0. The fraction of sp³-hybridized carbons (Fsp3) is 1.00. The van der Waals surface area contributed by atoms with Crippen molar-refractivity contribution in [3.05, 3.63) is 0 Å². The first-order valence-electron chi connectivity index (χ1n) is 2.42. The number of hydrogen-bond acceptors (Lipinski definition) is 1. The summed E-state index contributed by atoms with van der Waals surface area (Å²) in [5.41, 5.74) is 0. The zero-order chi connectivity index (χ0) is 5.28. The van der Waals surface area contributed by atoms with Crippen LogP contribution >= 0.6 is 0 Å². The van der Waals surface area contributed by atoms with E-state index in [2.05, 4.69) is 5.32 Å². The van der Waals surface area contributed by atoms with Crippen molar-refractivity contribution in [2.24, 2.45) is 0 Å². The van der Waals surface area contributed by atoms with Crippen LogP contribution in [0.1, 0.15) is 6.42 Å². The average Bonchev–Trinajstić information content (AvgIpc) is 1.87. The average molecular weight is 98.9 g/mol. The minimum Gasteiger partial charge on any atom is -0.320 e. The standard InChI is InChI=1S/C4H7BFN/c5-4-1-3(6)2-7-4/h3-4,7H,1-2H2. The van der Waals surface area contributed by atoms with Crippen LogP contribution in [0.3, 0.4) is 0 Å². The van der Waals surface area contributed by atoms with E-state index < -0.39 is 6.17 Å². The van der Waals surface area contributed by atoms with Crippen LogP contribution in [0.5, 0.6) is 0 Å². The lowest BCUT2D eigenvalue weighted by molar-refractivity contribution is 0.360. The van der Waals surface area contributed by atoms with Crippen molar-refractivity contribution in [1.82, 2.24) is 5.32 Å². The van der Waals surface area contributed by atoms with Crippen molar-refractivity contribution in [1.29, 1.82) is 0 Å². The third-order valence-electron chi connectivity index (χ3n) is 1.11. The van der Waals surface area contributed by atoms with Crippen LogP contribution in [-0.4, -0.2) is 26.5 Å². The number of alkyl halides is 1. The molecule has 7 heavy (non-hydrogen) atoms. The van der Waals surface area contributed by atoms with Gasteiger partial charge in [-0.3, -0.25) is 0 Å². The van der Waals surface area contributed by atoms with Crippen molar-refractivity contribution in [3.8, 4) is 0 Å². The Labute approximate surface area is 43.7 Å². The maximum atomic E-state index is 12.0. The largest absolute Gasteiger partial charge is 0.320 e. The first-order valence-corrected chi connectivity index (χ1v) is 2.42. The van der Waals surface area contributed by atoms with Gasteiger partial charge in [0.05, 0.1) is 7.85 Å². The summed E-state index contributed by atoms with van der Waals surface area (Å²) >= 11 is 0. The van der Waals surface area contributed by atoms with Crippen LogP contribution in [0.2, 0.25) is 0 Å². The Bertz CT molecular complexity index is 60.7. The van der Waals surface area contributed by atoms with E-state index in [1.165, 1.54) is 0 Å². The molecule has 1 saturated heterocycles. The van der Waals surface area contributed by atoms with Crippen molar-refractivity contribution in [2.75, 3.05) is 6.54 Å². The molecule has 1 fully saturated rings. The number of nitrogens with one attached hydrogen (secondary N) is 1. The quantitative estimate of drug-likeness (QED) is 0.415. The molecule has 0 spiro atoms. The van der Waals surface area contributed by atoms with Crippen LogP contribution in [0.4, 0.5) is 4.39 Å². The van der Waals surface area contributed by atoms with Crippen LogP contribution in [-0.2, 0) is 0 Å². The summed E-state index contributed by atoms with van der Waals surface area (Å²) in [6.07, 6.45) is -0.241. The second-order valence-corrected chi connectivity index (χ2v) is 1.85. The molecule has 1 nitrogen and oxygen atoms in total. The first kappa shape index (κ1) is 5.10. The zero-order valence-corrected chi connectivity index (χ0v) is 4.02. The lowest BCUT2D eigenvalue weighted by Gasteiger charge is -1.95. The first-order chi connectivity index (χ1) is 3.29. The topological polar surface area (TPSA) is 12.0 Å². The highest BCUT2D eigenvalue weighted by atomic mass is 19.1. The SMILES string of the molecule is [B]C1CC(F)CN1. The smallest absolute Gasteiger partial charge is 0.113 e. The molecule has 0 aromatic heterocycles. The van der Waals surface area contributed by atoms with E-state index in [4.69, 9.17) is 7.85 Å². The molecular formula is C4H7BFN. The van der Waals surface area contributed by atoms with Crippen LogP contribution in [0.25, 0.3) is 0 Å². The van der Waals surface area contributed by atoms with Gasteiger partial charge in [0.15, 0.2) is 0 Å². The molecule has 0 aromatic carbocycles. The molecule has 0 aromatic rings. The van der Waals surface area contributed by atoms with Gasteiger partial charge in [-0.25, -0.2) is 4.39 Å². The Hall–Kier alpha value is -0.0451. The fourth-order valence-corrected chi connectivity index (χ4v) is 0.721. The van der Waals surface area contributed by atoms with Crippen LogP contribution < -0.4 is 5.32 Å². The van der Waals surface area contributed by atoms with Crippen molar-refractivity contribution < 1.29 is 4.39 Å². The molecule has 0 bridgehead atoms. The highest BCUT2D eigenvalue weighted by molar-refractivity contribution is 6.11. The van der Waals surface area contributed by atoms with E-state index in [0.29, 0.717) is 13.0 Å². The van der Waals surface area contributed by atoms with Gasteiger partial charge in [0.25, 0.3) is 0 Å². The Morgan fingerprint density at radius 2 is 2.43 bits per heavy atom. The molecule has 1 heterocycles. The minimum absolute atomic E-state index is 0.102. The molecule has 38 valence electrons. The Balaban J connectivity index is 2.26. The second kappa shape index (κ2) is 1.82. The summed E-state index contributed by atoms with van der Waals surface area (Å²) in [4.78, 5) is 0. The van der Waals surface area contributed by atoms with Gasteiger partial charge in [-0.05, 0) is 12.4 Å². The molecule has 1 rings (SSSR count). The van der Waals surface area contributed by atoms with E-state index in [0.717, 1.165) is 0 Å². The van der Waals surface area contributed by atoms with Crippen LogP contribution in [0, 0.1) is 0 Å². The minimum atomic E-state index is -0.713. The van der Waals surface area contributed by atoms with Gasteiger partial charge in [-0.1, -0.05) is 0 Å². The van der Waals surface area contributed by atoms with E-state index in [1.807, 2.05) is 0 Å². The highest BCUT2D eigenvalue weighted by Gasteiger charge is 2.18. The van der Waals surface area contributed by atoms with Crippen molar-refractivity contribution in [3.63, 3.8) is 0 Å². The van der Waals surface area contributed by atoms with E-state index in [-0.39, 0.29) is 5.94 Å². The molecule has 2 radical (unpaired) electrons. The maximum absolute atomic E-state index is 12.0.